The summed E-state index contributed by atoms with van der Waals surface area (Å²) in [5.41, 5.74) is 1.04. The first-order valence-corrected chi connectivity index (χ1v) is 10.5. The Balaban J connectivity index is 2.30. The van der Waals surface area contributed by atoms with E-state index in [2.05, 4.69) is 5.32 Å². The average molecular weight is 444 g/mol. The van der Waals surface area contributed by atoms with E-state index in [-0.39, 0.29) is 5.92 Å². The molecule has 0 saturated heterocycles. The van der Waals surface area contributed by atoms with Gasteiger partial charge >= 0.3 is 12.1 Å². The summed E-state index contributed by atoms with van der Waals surface area (Å²) in [6.45, 7) is 8.62. The number of esters is 1. The average Bonchev–Trinajstić information content (AvgIpc) is 2.73. The van der Waals surface area contributed by atoms with Gasteiger partial charge in [0.2, 0.25) is 0 Å². The summed E-state index contributed by atoms with van der Waals surface area (Å²) in [6.07, 6.45) is -1.27. The molecular formula is C25H33NO6. The first-order chi connectivity index (χ1) is 15.1. The topological polar surface area (TPSA) is 83.1 Å². The summed E-state index contributed by atoms with van der Waals surface area (Å²) in [4.78, 5) is 24.8. The molecule has 2 aromatic carbocycles. The summed E-state index contributed by atoms with van der Waals surface area (Å²) < 4.78 is 22.1. The fourth-order valence-corrected chi connectivity index (χ4v) is 3.42. The van der Waals surface area contributed by atoms with Gasteiger partial charge in [-0.25, -0.2) is 9.59 Å². The molecule has 0 unspecified atom stereocenters. The van der Waals surface area contributed by atoms with E-state index in [0.717, 1.165) is 11.1 Å². The molecule has 0 saturated carbocycles. The lowest BCUT2D eigenvalue weighted by molar-refractivity contribution is -0.151. The number of methoxy groups -OCH3 is 2. The van der Waals surface area contributed by atoms with Crippen LogP contribution >= 0.6 is 0 Å². The van der Waals surface area contributed by atoms with E-state index in [0.29, 0.717) is 11.5 Å². The lowest BCUT2D eigenvalue weighted by Crippen LogP contribution is -2.43. The quantitative estimate of drug-likeness (QED) is 0.597. The largest absolute Gasteiger partial charge is 0.496 e. The number of benzene rings is 2. The van der Waals surface area contributed by atoms with Gasteiger partial charge in [-0.05, 0) is 46.8 Å². The van der Waals surface area contributed by atoms with Gasteiger partial charge in [-0.3, -0.25) is 0 Å². The van der Waals surface area contributed by atoms with Crippen LogP contribution in [0.3, 0.4) is 0 Å². The molecule has 2 aromatic rings. The number of nitrogens with one attached hydrogen (secondary N) is 1. The van der Waals surface area contributed by atoms with Crippen LogP contribution in [-0.4, -0.2) is 44.0 Å². The molecule has 7 nitrogen and oxygen atoms in total. The fourth-order valence-electron chi connectivity index (χ4n) is 3.42. The van der Waals surface area contributed by atoms with Crippen LogP contribution in [0, 0.1) is 0 Å². The van der Waals surface area contributed by atoms with Crippen molar-refractivity contribution in [3.8, 4) is 11.5 Å². The Labute approximate surface area is 190 Å². The molecule has 0 fully saturated rings. The van der Waals surface area contributed by atoms with Crippen LogP contribution in [0.25, 0.3) is 0 Å². The van der Waals surface area contributed by atoms with Gasteiger partial charge in [-0.15, -0.1) is 0 Å². The Kier molecular flexibility index (Phi) is 8.52. The molecule has 2 rings (SSSR count). The Hall–Kier alpha value is -3.22. The molecule has 0 bridgehead atoms. The lowest BCUT2D eigenvalue weighted by atomic mass is 9.86. The second-order valence-corrected chi connectivity index (χ2v) is 8.47. The molecule has 32 heavy (non-hydrogen) atoms. The molecule has 0 radical (unpaired) electrons. The number of ether oxygens (including phenoxy) is 4. The molecule has 0 heterocycles. The van der Waals surface area contributed by atoms with E-state index < -0.39 is 29.8 Å². The van der Waals surface area contributed by atoms with E-state index in [4.69, 9.17) is 18.9 Å². The predicted molar refractivity (Wildman–Crippen MR) is 122 cm³/mol. The highest BCUT2D eigenvalue weighted by Crippen LogP contribution is 2.39. The van der Waals surface area contributed by atoms with Crippen molar-refractivity contribution in [1.82, 2.24) is 5.32 Å². The molecule has 0 spiro atoms. The number of amides is 1. The Morgan fingerprint density at radius 1 is 0.844 bits per heavy atom. The number of hydrogen-bond donors (Lipinski definition) is 1. The predicted octanol–water partition coefficient (Wildman–Crippen LogP) is 4.68. The number of carbonyl (C=O) groups excluding carboxylic acids is 2. The molecule has 2 atom stereocenters. The van der Waals surface area contributed by atoms with Crippen molar-refractivity contribution in [2.75, 3.05) is 14.2 Å². The molecule has 0 aromatic heterocycles. The standard InChI is InChI=1S/C25H33NO6/c1-16(26-24(28)32-25(3,4)5)23(27)31-17(2)22(18-12-8-10-14-20(18)29-6)19-13-9-11-15-21(19)30-7/h8-17,22H,1-7H3,(H,26,28)/t16-,17-/m0/s1. The molecule has 0 aliphatic carbocycles. The number of rotatable bonds is 8. The second-order valence-electron chi connectivity index (χ2n) is 8.47. The Bertz CT molecular complexity index is 873. The monoisotopic (exact) mass is 443 g/mol. The molecule has 1 N–H and O–H groups in total. The first-order valence-electron chi connectivity index (χ1n) is 10.5. The first kappa shape index (κ1) is 25.0. The summed E-state index contributed by atoms with van der Waals surface area (Å²) >= 11 is 0. The van der Waals surface area contributed by atoms with Crippen molar-refractivity contribution in [1.29, 1.82) is 0 Å². The van der Waals surface area contributed by atoms with Gasteiger partial charge < -0.3 is 24.3 Å². The van der Waals surface area contributed by atoms with Crippen LogP contribution in [-0.2, 0) is 14.3 Å². The number of hydrogen-bond acceptors (Lipinski definition) is 6. The smallest absolute Gasteiger partial charge is 0.408 e. The van der Waals surface area contributed by atoms with Gasteiger partial charge in [0.05, 0.1) is 20.1 Å². The third kappa shape index (κ3) is 6.64. The van der Waals surface area contributed by atoms with Gasteiger partial charge in [0.1, 0.15) is 29.2 Å². The van der Waals surface area contributed by atoms with Crippen LogP contribution in [0.1, 0.15) is 51.7 Å². The van der Waals surface area contributed by atoms with E-state index in [1.807, 2.05) is 55.5 Å². The zero-order valence-corrected chi connectivity index (χ0v) is 19.8. The van der Waals surface area contributed by atoms with Crippen molar-refractivity contribution >= 4 is 12.1 Å². The van der Waals surface area contributed by atoms with Gasteiger partial charge in [-0.1, -0.05) is 36.4 Å². The van der Waals surface area contributed by atoms with E-state index in [1.54, 1.807) is 41.9 Å². The summed E-state index contributed by atoms with van der Waals surface area (Å²) in [5.74, 6) is 0.413. The fraction of sp³-hybridized carbons (Fsp3) is 0.440. The van der Waals surface area contributed by atoms with Crippen molar-refractivity contribution in [2.24, 2.45) is 0 Å². The SMILES string of the molecule is COc1ccccc1C(c1ccccc1OC)[C@H](C)OC(=O)[C@H](C)NC(=O)OC(C)(C)C. The maximum absolute atomic E-state index is 12.8. The van der Waals surface area contributed by atoms with Crippen LogP contribution in [0.15, 0.2) is 48.5 Å². The molecule has 0 aliphatic heterocycles. The maximum atomic E-state index is 12.8. The number of alkyl carbamates (subject to hydrolysis) is 1. The van der Waals surface area contributed by atoms with Crippen molar-refractivity contribution in [3.05, 3.63) is 59.7 Å². The van der Waals surface area contributed by atoms with E-state index in [9.17, 15) is 9.59 Å². The number of carbonyl (C=O) groups is 2. The Morgan fingerprint density at radius 3 is 1.75 bits per heavy atom. The highest BCUT2D eigenvalue weighted by Gasteiger charge is 2.31. The Morgan fingerprint density at radius 2 is 1.31 bits per heavy atom. The van der Waals surface area contributed by atoms with Crippen molar-refractivity contribution in [2.45, 2.75) is 58.3 Å². The third-order valence-corrected chi connectivity index (χ3v) is 4.81. The van der Waals surface area contributed by atoms with Crippen molar-refractivity contribution < 1.29 is 28.5 Å². The van der Waals surface area contributed by atoms with Crippen LogP contribution in [0.2, 0.25) is 0 Å². The van der Waals surface area contributed by atoms with Gasteiger partial charge in [0.25, 0.3) is 0 Å². The summed E-state index contributed by atoms with van der Waals surface area (Å²) in [7, 11) is 3.20. The van der Waals surface area contributed by atoms with Gasteiger partial charge in [0, 0.05) is 11.1 Å². The third-order valence-electron chi connectivity index (χ3n) is 4.81. The van der Waals surface area contributed by atoms with E-state index >= 15 is 0 Å². The molecule has 1 amide bonds. The minimum absolute atomic E-state index is 0.361. The molecule has 7 heteroatoms. The summed E-state index contributed by atoms with van der Waals surface area (Å²) in [6, 6.07) is 14.3. The zero-order valence-electron chi connectivity index (χ0n) is 19.8. The van der Waals surface area contributed by atoms with Crippen molar-refractivity contribution in [3.63, 3.8) is 0 Å². The zero-order chi connectivity index (χ0) is 23.9. The molecule has 174 valence electrons. The normalized spacial score (nSPS) is 13.1. The second kappa shape index (κ2) is 10.9. The van der Waals surface area contributed by atoms with Gasteiger partial charge in [-0.2, -0.15) is 0 Å². The minimum Gasteiger partial charge on any atom is -0.496 e. The van der Waals surface area contributed by atoms with Crippen LogP contribution in [0.4, 0.5) is 4.79 Å². The van der Waals surface area contributed by atoms with E-state index in [1.165, 1.54) is 0 Å². The van der Waals surface area contributed by atoms with Crippen LogP contribution < -0.4 is 14.8 Å². The van der Waals surface area contributed by atoms with Crippen LogP contribution in [0.5, 0.6) is 11.5 Å². The highest BCUT2D eigenvalue weighted by atomic mass is 16.6. The summed E-state index contributed by atoms with van der Waals surface area (Å²) in [5, 5.41) is 2.52. The minimum atomic E-state index is -0.886. The maximum Gasteiger partial charge on any atom is 0.408 e. The lowest BCUT2D eigenvalue weighted by Gasteiger charge is -2.28. The molecule has 0 aliphatic rings. The number of para-hydroxylation sites is 2. The highest BCUT2D eigenvalue weighted by molar-refractivity contribution is 5.81. The van der Waals surface area contributed by atoms with Gasteiger partial charge in [0.15, 0.2) is 0 Å². The molecular weight excluding hydrogens is 410 g/mol.